The first-order chi connectivity index (χ1) is 14.2. The fraction of sp³-hybridized carbons (Fsp3) is 0.318. The lowest BCUT2D eigenvalue weighted by molar-refractivity contribution is -0.118. The minimum absolute atomic E-state index is 0.196. The molecule has 0 atom stereocenters. The van der Waals surface area contributed by atoms with Gasteiger partial charge in [-0.05, 0) is 37.4 Å². The van der Waals surface area contributed by atoms with Crippen molar-refractivity contribution in [3.05, 3.63) is 54.1 Å². The number of carbonyl (C=O) groups excluding carboxylic acids is 1. The Balaban J connectivity index is 1.74. The first-order valence-electron chi connectivity index (χ1n) is 9.75. The van der Waals surface area contributed by atoms with Gasteiger partial charge in [0, 0.05) is 13.1 Å². The highest BCUT2D eigenvalue weighted by Crippen LogP contribution is 2.20. The summed E-state index contributed by atoms with van der Waals surface area (Å²) in [5.74, 6) is 0.567. The van der Waals surface area contributed by atoms with Crippen LogP contribution >= 0.6 is 0 Å². The Morgan fingerprint density at radius 1 is 1.17 bits per heavy atom. The molecular formula is C22H25N5O2. The average Bonchev–Trinajstić information content (AvgIpc) is 3.10. The van der Waals surface area contributed by atoms with Crippen LogP contribution in [0.1, 0.15) is 19.4 Å². The maximum atomic E-state index is 12.5. The molecule has 1 amide bonds. The SMILES string of the molecule is CCN(CC)CCn1c(NC(=O)COc2ccccc2C#N)nc2ccccc21. The van der Waals surface area contributed by atoms with Crippen molar-refractivity contribution in [2.24, 2.45) is 0 Å². The summed E-state index contributed by atoms with van der Waals surface area (Å²) < 4.78 is 7.55. The Morgan fingerprint density at radius 2 is 1.90 bits per heavy atom. The molecule has 0 aliphatic heterocycles. The number of nitriles is 1. The molecule has 0 saturated heterocycles. The lowest BCUT2D eigenvalue weighted by Crippen LogP contribution is -2.28. The molecule has 0 aliphatic rings. The third-order valence-corrected chi connectivity index (χ3v) is 4.81. The van der Waals surface area contributed by atoms with Crippen LogP contribution in [0.5, 0.6) is 5.75 Å². The summed E-state index contributed by atoms with van der Waals surface area (Å²) in [5.41, 5.74) is 2.20. The summed E-state index contributed by atoms with van der Waals surface area (Å²) in [6.07, 6.45) is 0. The maximum Gasteiger partial charge on any atom is 0.264 e. The second-order valence-electron chi connectivity index (χ2n) is 6.55. The van der Waals surface area contributed by atoms with Crippen molar-refractivity contribution in [1.29, 1.82) is 5.26 Å². The van der Waals surface area contributed by atoms with Crippen LogP contribution in [0.4, 0.5) is 5.95 Å². The summed E-state index contributed by atoms with van der Waals surface area (Å²) in [5, 5.41) is 12.0. The summed E-state index contributed by atoms with van der Waals surface area (Å²) >= 11 is 0. The van der Waals surface area contributed by atoms with Gasteiger partial charge in [-0.15, -0.1) is 0 Å². The van der Waals surface area contributed by atoms with E-state index >= 15 is 0 Å². The third kappa shape index (κ3) is 4.92. The number of carbonyl (C=O) groups is 1. The number of para-hydroxylation sites is 3. The van der Waals surface area contributed by atoms with Crippen LogP contribution in [-0.2, 0) is 11.3 Å². The molecule has 0 spiro atoms. The zero-order valence-corrected chi connectivity index (χ0v) is 16.8. The van der Waals surface area contributed by atoms with Gasteiger partial charge >= 0.3 is 0 Å². The second-order valence-corrected chi connectivity index (χ2v) is 6.55. The highest BCUT2D eigenvalue weighted by atomic mass is 16.5. The molecule has 1 heterocycles. The predicted molar refractivity (Wildman–Crippen MR) is 113 cm³/mol. The minimum Gasteiger partial charge on any atom is -0.482 e. The number of anilines is 1. The Kier molecular flexibility index (Phi) is 6.82. The molecular weight excluding hydrogens is 366 g/mol. The molecule has 0 radical (unpaired) electrons. The number of benzene rings is 2. The second kappa shape index (κ2) is 9.71. The van der Waals surface area contributed by atoms with Gasteiger partial charge < -0.3 is 14.2 Å². The molecule has 29 heavy (non-hydrogen) atoms. The van der Waals surface area contributed by atoms with Crippen LogP contribution in [0.25, 0.3) is 11.0 Å². The summed E-state index contributed by atoms with van der Waals surface area (Å²) in [4.78, 5) is 19.4. The van der Waals surface area contributed by atoms with Gasteiger partial charge in [0.2, 0.25) is 5.95 Å². The Morgan fingerprint density at radius 3 is 2.66 bits per heavy atom. The molecule has 150 valence electrons. The normalized spacial score (nSPS) is 10.8. The largest absolute Gasteiger partial charge is 0.482 e. The number of hydrogen-bond acceptors (Lipinski definition) is 5. The van der Waals surface area contributed by atoms with Crippen LogP contribution in [0, 0.1) is 11.3 Å². The van der Waals surface area contributed by atoms with E-state index in [2.05, 4.69) is 35.1 Å². The fourth-order valence-corrected chi connectivity index (χ4v) is 3.17. The number of ether oxygens (including phenoxy) is 1. The number of imidazole rings is 1. The molecule has 0 unspecified atom stereocenters. The highest BCUT2D eigenvalue weighted by molar-refractivity contribution is 5.92. The zero-order valence-electron chi connectivity index (χ0n) is 16.8. The van der Waals surface area contributed by atoms with Crippen molar-refractivity contribution in [2.45, 2.75) is 20.4 Å². The van der Waals surface area contributed by atoms with E-state index < -0.39 is 0 Å². The van der Waals surface area contributed by atoms with E-state index in [4.69, 9.17) is 10.00 Å². The highest BCUT2D eigenvalue weighted by Gasteiger charge is 2.15. The van der Waals surface area contributed by atoms with Gasteiger partial charge in [0.05, 0.1) is 16.6 Å². The van der Waals surface area contributed by atoms with Crippen molar-refractivity contribution in [2.75, 3.05) is 31.6 Å². The molecule has 7 heteroatoms. The smallest absolute Gasteiger partial charge is 0.264 e. The molecule has 0 bridgehead atoms. The molecule has 7 nitrogen and oxygen atoms in total. The number of fused-ring (bicyclic) bond motifs is 1. The predicted octanol–water partition coefficient (Wildman–Crippen LogP) is 3.27. The van der Waals surface area contributed by atoms with Crippen molar-refractivity contribution in [3.63, 3.8) is 0 Å². The quantitative estimate of drug-likeness (QED) is 0.605. The van der Waals surface area contributed by atoms with E-state index in [1.807, 2.05) is 28.8 Å². The van der Waals surface area contributed by atoms with Gasteiger partial charge in [-0.25, -0.2) is 4.98 Å². The van der Waals surface area contributed by atoms with Crippen LogP contribution in [0.3, 0.4) is 0 Å². The number of amides is 1. The molecule has 3 aromatic rings. The third-order valence-electron chi connectivity index (χ3n) is 4.81. The number of nitrogens with one attached hydrogen (secondary N) is 1. The van der Waals surface area contributed by atoms with E-state index in [-0.39, 0.29) is 12.5 Å². The number of likely N-dealkylation sites (N-methyl/N-ethyl adjacent to an activating group) is 1. The number of nitrogens with zero attached hydrogens (tertiary/aromatic N) is 4. The van der Waals surface area contributed by atoms with Crippen LogP contribution < -0.4 is 10.1 Å². The lowest BCUT2D eigenvalue weighted by atomic mass is 10.2. The standard InChI is InChI=1S/C22H25N5O2/c1-3-26(4-2)13-14-27-19-11-7-6-10-18(19)24-22(27)25-21(28)16-29-20-12-8-5-9-17(20)15-23/h5-12H,3-4,13-14,16H2,1-2H3,(H,24,25,28). The number of rotatable bonds is 9. The van der Waals surface area contributed by atoms with Gasteiger partial charge in [0.1, 0.15) is 11.8 Å². The van der Waals surface area contributed by atoms with Crippen molar-refractivity contribution in [3.8, 4) is 11.8 Å². The number of aromatic nitrogens is 2. The molecule has 2 aromatic carbocycles. The van der Waals surface area contributed by atoms with Gasteiger partial charge in [-0.2, -0.15) is 5.26 Å². The summed E-state index contributed by atoms with van der Waals surface area (Å²) in [6.45, 7) is 7.59. The zero-order chi connectivity index (χ0) is 20.6. The van der Waals surface area contributed by atoms with Crippen molar-refractivity contribution in [1.82, 2.24) is 14.5 Å². The first kappa shape index (κ1) is 20.4. The first-order valence-corrected chi connectivity index (χ1v) is 9.75. The Hall–Kier alpha value is -3.37. The van der Waals surface area contributed by atoms with Crippen LogP contribution in [0.15, 0.2) is 48.5 Å². The monoisotopic (exact) mass is 391 g/mol. The van der Waals surface area contributed by atoms with E-state index in [0.29, 0.717) is 17.3 Å². The van der Waals surface area contributed by atoms with Gasteiger partial charge in [-0.3, -0.25) is 10.1 Å². The Labute approximate surface area is 170 Å². The topological polar surface area (TPSA) is 83.2 Å². The average molecular weight is 391 g/mol. The van der Waals surface area contributed by atoms with E-state index in [0.717, 1.165) is 37.2 Å². The van der Waals surface area contributed by atoms with Gasteiger partial charge in [0.25, 0.3) is 5.91 Å². The Bertz CT molecular complexity index is 1020. The molecule has 0 fully saturated rings. The lowest BCUT2D eigenvalue weighted by Gasteiger charge is -2.19. The number of hydrogen-bond donors (Lipinski definition) is 1. The fourth-order valence-electron chi connectivity index (χ4n) is 3.17. The molecule has 3 rings (SSSR count). The molecule has 0 saturated carbocycles. The van der Waals surface area contributed by atoms with Gasteiger partial charge in [-0.1, -0.05) is 38.1 Å². The van der Waals surface area contributed by atoms with Crippen LogP contribution in [0.2, 0.25) is 0 Å². The van der Waals surface area contributed by atoms with E-state index in [1.54, 1.807) is 24.3 Å². The van der Waals surface area contributed by atoms with Crippen molar-refractivity contribution >= 4 is 22.9 Å². The van der Waals surface area contributed by atoms with Gasteiger partial charge in [0.15, 0.2) is 6.61 Å². The molecule has 1 aromatic heterocycles. The van der Waals surface area contributed by atoms with E-state index in [9.17, 15) is 4.79 Å². The van der Waals surface area contributed by atoms with Crippen molar-refractivity contribution < 1.29 is 9.53 Å². The summed E-state index contributed by atoms with van der Waals surface area (Å²) in [7, 11) is 0. The summed E-state index contributed by atoms with van der Waals surface area (Å²) in [6, 6.07) is 16.7. The minimum atomic E-state index is -0.322. The molecule has 0 aliphatic carbocycles. The molecule has 1 N–H and O–H groups in total. The van der Waals surface area contributed by atoms with Crippen LogP contribution in [-0.4, -0.2) is 46.6 Å². The van der Waals surface area contributed by atoms with E-state index in [1.165, 1.54) is 0 Å². The maximum absolute atomic E-state index is 12.5.